The summed E-state index contributed by atoms with van der Waals surface area (Å²) in [6, 6.07) is 6.25. The van der Waals surface area contributed by atoms with Crippen molar-refractivity contribution < 1.29 is 14.3 Å². The Morgan fingerprint density at radius 1 is 1.13 bits per heavy atom. The molecule has 0 radical (unpaired) electrons. The summed E-state index contributed by atoms with van der Waals surface area (Å²) in [7, 11) is 0. The molecule has 1 aliphatic rings. The number of carbonyl (C=O) groups is 2. The van der Waals surface area contributed by atoms with Crippen LogP contribution in [0.25, 0.3) is 10.9 Å². The molecule has 2 aromatic rings. The van der Waals surface area contributed by atoms with Crippen molar-refractivity contribution in [2.24, 2.45) is 5.92 Å². The second-order valence-electron chi connectivity index (χ2n) is 9.57. The van der Waals surface area contributed by atoms with Gasteiger partial charge in [0.2, 0.25) is 0 Å². The number of Topliss-reactive ketones (excluding diaryl/α,β-unsaturated/α-hetero) is 1. The Balaban J connectivity index is 1.75. The third kappa shape index (κ3) is 6.19. The molecule has 0 aliphatic heterocycles. The number of fused-ring (bicyclic) bond motifs is 1. The van der Waals surface area contributed by atoms with Crippen molar-refractivity contribution in [3.8, 4) is 0 Å². The van der Waals surface area contributed by atoms with Crippen LogP contribution in [0.1, 0.15) is 70.7 Å². The largest absolute Gasteiger partial charge is 0.444 e. The van der Waals surface area contributed by atoms with Crippen LogP contribution in [0.3, 0.4) is 0 Å². The van der Waals surface area contributed by atoms with Gasteiger partial charge >= 0.3 is 6.09 Å². The van der Waals surface area contributed by atoms with Gasteiger partial charge < -0.3 is 15.4 Å². The molecule has 0 atom stereocenters. The minimum atomic E-state index is -0.501. The van der Waals surface area contributed by atoms with Gasteiger partial charge in [0.05, 0.1) is 16.8 Å². The fourth-order valence-corrected chi connectivity index (χ4v) is 4.24. The predicted octanol–water partition coefficient (Wildman–Crippen LogP) is 6.08. The Bertz CT molecular complexity index is 960. The second kappa shape index (κ2) is 9.55. The summed E-state index contributed by atoms with van der Waals surface area (Å²) in [6.07, 6.45) is 4.84. The Morgan fingerprint density at radius 3 is 2.39 bits per heavy atom. The molecule has 0 unspecified atom stereocenters. The summed E-state index contributed by atoms with van der Waals surface area (Å²) in [5, 5.41) is 7.56. The van der Waals surface area contributed by atoms with Gasteiger partial charge in [-0.05, 0) is 64.7 Å². The van der Waals surface area contributed by atoms with Crippen molar-refractivity contribution in [3.05, 3.63) is 34.4 Å². The molecule has 1 heterocycles. The molecule has 168 valence electrons. The Hall–Kier alpha value is -2.15. The standard InChI is InChI=1S/C24H32BrN3O3/c1-14(2)22(29)19-13-26-20-11-6-15(25)12-18(20)21(19)27-16-7-9-17(10-8-16)28-23(30)31-24(3,4)5/h6,11-14,16-17H,7-10H2,1-5H3,(H,26,27)(H,28,30). The summed E-state index contributed by atoms with van der Waals surface area (Å²) in [4.78, 5) is 29.4. The van der Waals surface area contributed by atoms with Crippen molar-refractivity contribution in [2.45, 2.75) is 78.0 Å². The van der Waals surface area contributed by atoms with E-state index in [1.807, 2.05) is 52.8 Å². The first-order valence-electron chi connectivity index (χ1n) is 10.9. The minimum absolute atomic E-state index is 0.0807. The lowest BCUT2D eigenvalue weighted by atomic mass is 9.90. The SMILES string of the molecule is CC(C)C(=O)c1cnc2ccc(Br)cc2c1NC1CCC(NC(=O)OC(C)(C)C)CC1. The van der Waals surface area contributed by atoms with Crippen molar-refractivity contribution in [1.82, 2.24) is 10.3 Å². The van der Waals surface area contributed by atoms with Crippen molar-refractivity contribution in [1.29, 1.82) is 0 Å². The molecule has 1 aromatic heterocycles. The molecular formula is C24H32BrN3O3. The number of alkyl carbamates (subject to hydrolysis) is 1. The molecule has 0 spiro atoms. The van der Waals surface area contributed by atoms with Gasteiger partial charge in [-0.3, -0.25) is 9.78 Å². The van der Waals surface area contributed by atoms with Crippen molar-refractivity contribution in [2.75, 3.05) is 5.32 Å². The number of rotatable bonds is 5. The minimum Gasteiger partial charge on any atom is -0.444 e. The third-order valence-corrected chi connectivity index (χ3v) is 5.91. The van der Waals surface area contributed by atoms with Crippen LogP contribution in [0.15, 0.2) is 28.9 Å². The lowest BCUT2D eigenvalue weighted by molar-refractivity contribution is 0.0492. The number of anilines is 1. The molecule has 0 bridgehead atoms. The number of hydrogen-bond acceptors (Lipinski definition) is 5. The lowest BCUT2D eigenvalue weighted by Crippen LogP contribution is -2.42. The van der Waals surface area contributed by atoms with Crippen LogP contribution in [0, 0.1) is 5.92 Å². The Morgan fingerprint density at radius 2 is 1.77 bits per heavy atom. The first-order valence-corrected chi connectivity index (χ1v) is 11.7. The molecule has 6 nitrogen and oxygen atoms in total. The van der Waals surface area contributed by atoms with Crippen LogP contribution in [-0.4, -0.2) is 34.5 Å². The van der Waals surface area contributed by atoms with E-state index < -0.39 is 5.60 Å². The topological polar surface area (TPSA) is 80.3 Å². The van der Waals surface area contributed by atoms with Crippen LogP contribution in [0.5, 0.6) is 0 Å². The number of ketones is 1. The van der Waals surface area contributed by atoms with Crippen molar-refractivity contribution >= 4 is 44.4 Å². The average molecular weight is 490 g/mol. The molecule has 3 rings (SSSR count). The summed E-state index contributed by atoms with van der Waals surface area (Å²) in [5.74, 6) is -0.0297. The quantitative estimate of drug-likeness (QED) is 0.497. The van der Waals surface area contributed by atoms with E-state index in [-0.39, 0.29) is 29.9 Å². The maximum Gasteiger partial charge on any atom is 0.407 e. The van der Waals surface area contributed by atoms with Gasteiger partial charge in [-0.15, -0.1) is 0 Å². The lowest BCUT2D eigenvalue weighted by Gasteiger charge is -2.31. The monoisotopic (exact) mass is 489 g/mol. The number of hydrogen-bond donors (Lipinski definition) is 2. The number of carbonyl (C=O) groups excluding carboxylic acids is 2. The number of benzene rings is 1. The smallest absolute Gasteiger partial charge is 0.407 e. The molecule has 7 heteroatoms. The van der Waals surface area contributed by atoms with E-state index in [2.05, 4.69) is 31.5 Å². The third-order valence-electron chi connectivity index (χ3n) is 5.42. The molecule has 0 saturated heterocycles. The fourth-order valence-electron chi connectivity index (χ4n) is 3.88. The number of halogens is 1. The molecule has 31 heavy (non-hydrogen) atoms. The first-order chi connectivity index (χ1) is 14.5. The summed E-state index contributed by atoms with van der Waals surface area (Å²) >= 11 is 3.54. The molecule has 2 N–H and O–H groups in total. The van der Waals surface area contributed by atoms with Crippen LogP contribution >= 0.6 is 15.9 Å². The number of aromatic nitrogens is 1. The zero-order valence-corrected chi connectivity index (χ0v) is 20.5. The summed E-state index contributed by atoms with van der Waals surface area (Å²) in [5.41, 5.74) is 1.84. The Labute approximate surface area is 192 Å². The molecular weight excluding hydrogens is 458 g/mol. The average Bonchev–Trinajstić information content (AvgIpc) is 2.67. The number of pyridine rings is 1. The van der Waals surface area contributed by atoms with Crippen LogP contribution < -0.4 is 10.6 Å². The highest BCUT2D eigenvalue weighted by molar-refractivity contribution is 9.10. The van der Waals surface area contributed by atoms with Gasteiger partial charge in [0.1, 0.15) is 5.60 Å². The highest BCUT2D eigenvalue weighted by Crippen LogP contribution is 2.33. The highest BCUT2D eigenvalue weighted by Gasteiger charge is 2.26. The Kier molecular flexibility index (Phi) is 7.24. The zero-order chi connectivity index (χ0) is 22.8. The summed E-state index contributed by atoms with van der Waals surface area (Å²) in [6.45, 7) is 9.40. The normalized spacial score (nSPS) is 19.3. The number of amides is 1. The number of ether oxygens (including phenoxy) is 1. The van der Waals surface area contributed by atoms with Crippen LogP contribution in [0.2, 0.25) is 0 Å². The highest BCUT2D eigenvalue weighted by atomic mass is 79.9. The number of nitrogens with zero attached hydrogens (tertiary/aromatic N) is 1. The second-order valence-corrected chi connectivity index (χ2v) is 10.5. The van der Waals surface area contributed by atoms with Crippen LogP contribution in [0.4, 0.5) is 10.5 Å². The predicted molar refractivity (Wildman–Crippen MR) is 128 cm³/mol. The van der Waals surface area contributed by atoms with Gasteiger partial charge in [-0.1, -0.05) is 29.8 Å². The molecule has 1 saturated carbocycles. The zero-order valence-electron chi connectivity index (χ0n) is 18.9. The van der Waals surface area contributed by atoms with E-state index in [4.69, 9.17) is 4.74 Å². The maximum absolute atomic E-state index is 12.9. The maximum atomic E-state index is 12.9. The van der Waals surface area contributed by atoms with E-state index in [0.717, 1.165) is 46.7 Å². The van der Waals surface area contributed by atoms with Crippen molar-refractivity contribution in [3.63, 3.8) is 0 Å². The van der Waals surface area contributed by atoms with Gasteiger partial charge in [0.15, 0.2) is 5.78 Å². The first kappa shape index (κ1) is 23.5. The molecule has 1 amide bonds. The summed E-state index contributed by atoms with van der Waals surface area (Å²) < 4.78 is 6.32. The van der Waals surface area contributed by atoms with E-state index in [1.54, 1.807) is 6.20 Å². The number of nitrogens with one attached hydrogen (secondary N) is 2. The van der Waals surface area contributed by atoms with E-state index in [9.17, 15) is 9.59 Å². The molecule has 1 fully saturated rings. The van der Waals surface area contributed by atoms with E-state index in [1.165, 1.54) is 0 Å². The van der Waals surface area contributed by atoms with Crippen LogP contribution in [-0.2, 0) is 4.74 Å². The molecule has 1 aliphatic carbocycles. The van der Waals surface area contributed by atoms with Gasteiger partial charge in [-0.2, -0.15) is 0 Å². The van der Waals surface area contributed by atoms with E-state index >= 15 is 0 Å². The van der Waals surface area contributed by atoms with Gasteiger partial charge in [0, 0.05) is 34.1 Å². The van der Waals surface area contributed by atoms with E-state index in [0.29, 0.717) is 5.56 Å². The van der Waals surface area contributed by atoms with Gasteiger partial charge in [0.25, 0.3) is 0 Å². The fraction of sp³-hybridized carbons (Fsp3) is 0.542. The van der Waals surface area contributed by atoms with Gasteiger partial charge in [-0.25, -0.2) is 4.79 Å². The molecule has 1 aromatic carbocycles.